The molecule has 2 N–H and O–H groups in total. The maximum Gasteiger partial charge on any atom is 0.316 e. The van der Waals surface area contributed by atoms with Gasteiger partial charge < -0.3 is 20.1 Å². The first-order valence-corrected chi connectivity index (χ1v) is 10.6. The molecule has 2 aliphatic rings. The molecule has 162 valence electrons. The molecule has 6 heteroatoms. The zero-order chi connectivity index (χ0) is 22.1. The van der Waals surface area contributed by atoms with Gasteiger partial charge in [-0.15, -0.1) is 0 Å². The monoisotopic (exact) mass is 420 g/mol. The van der Waals surface area contributed by atoms with Crippen LogP contribution in [-0.2, 0) is 14.3 Å². The predicted molar refractivity (Wildman–Crippen MR) is 120 cm³/mol. The molecule has 2 aromatic rings. The zero-order valence-corrected chi connectivity index (χ0v) is 18.3. The average molecular weight is 421 g/mol. The number of carbonyl (C=O) groups excluding carboxylic acids is 2. The number of allylic oxidation sites excluding steroid dienone is 1. The molecular weight excluding hydrogens is 392 g/mol. The molecule has 0 radical (unpaired) electrons. The van der Waals surface area contributed by atoms with Crippen molar-refractivity contribution in [3.8, 4) is 5.75 Å². The van der Waals surface area contributed by atoms with E-state index in [1.54, 1.807) is 0 Å². The van der Waals surface area contributed by atoms with E-state index < -0.39 is 17.9 Å². The van der Waals surface area contributed by atoms with Crippen molar-refractivity contribution in [1.29, 1.82) is 0 Å². The van der Waals surface area contributed by atoms with Gasteiger partial charge in [-0.05, 0) is 44.4 Å². The summed E-state index contributed by atoms with van der Waals surface area (Å²) in [7, 11) is 1.33. The lowest BCUT2D eigenvalue weighted by Crippen LogP contribution is -2.39. The van der Waals surface area contributed by atoms with Gasteiger partial charge in [0.15, 0.2) is 5.78 Å². The highest BCUT2D eigenvalue weighted by molar-refractivity contribution is 6.11. The molecule has 1 aliphatic carbocycles. The van der Waals surface area contributed by atoms with Crippen LogP contribution < -0.4 is 15.4 Å². The molecule has 0 saturated heterocycles. The molecule has 0 fully saturated rings. The van der Waals surface area contributed by atoms with E-state index in [-0.39, 0.29) is 17.8 Å². The fourth-order valence-electron chi connectivity index (χ4n) is 4.45. The Kier molecular flexibility index (Phi) is 5.72. The van der Waals surface area contributed by atoms with Crippen molar-refractivity contribution in [3.05, 3.63) is 65.4 Å². The number of ketones is 1. The lowest BCUT2D eigenvalue weighted by Gasteiger charge is -2.33. The highest BCUT2D eigenvalue weighted by Crippen LogP contribution is 2.45. The van der Waals surface area contributed by atoms with E-state index in [0.29, 0.717) is 17.7 Å². The Hall–Kier alpha value is -3.28. The van der Waals surface area contributed by atoms with Gasteiger partial charge in [-0.2, -0.15) is 0 Å². The maximum atomic E-state index is 13.7. The molecule has 0 amide bonds. The van der Waals surface area contributed by atoms with Gasteiger partial charge in [0, 0.05) is 16.8 Å². The van der Waals surface area contributed by atoms with E-state index in [0.717, 1.165) is 22.6 Å². The van der Waals surface area contributed by atoms with Crippen molar-refractivity contribution in [2.24, 2.45) is 11.8 Å². The number of para-hydroxylation sites is 3. The van der Waals surface area contributed by atoms with E-state index in [1.165, 1.54) is 7.11 Å². The summed E-state index contributed by atoms with van der Waals surface area (Å²) < 4.78 is 11.0. The largest absolute Gasteiger partial charge is 0.491 e. The van der Waals surface area contributed by atoms with Crippen molar-refractivity contribution < 1.29 is 19.1 Å². The molecule has 3 atom stereocenters. The Bertz CT molecular complexity index is 1040. The number of esters is 1. The lowest BCUT2D eigenvalue weighted by molar-refractivity contribution is -0.151. The Labute approximate surface area is 182 Å². The van der Waals surface area contributed by atoms with Crippen LogP contribution in [-0.4, -0.2) is 25.0 Å². The molecule has 0 spiro atoms. The van der Waals surface area contributed by atoms with E-state index in [9.17, 15) is 9.59 Å². The molecule has 0 unspecified atom stereocenters. The summed E-state index contributed by atoms with van der Waals surface area (Å²) in [6.45, 7) is 5.86. The summed E-state index contributed by atoms with van der Waals surface area (Å²) >= 11 is 0. The van der Waals surface area contributed by atoms with Crippen LogP contribution in [0.3, 0.4) is 0 Å². The van der Waals surface area contributed by atoms with E-state index in [4.69, 9.17) is 9.47 Å². The summed E-state index contributed by atoms with van der Waals surface area (Å²) in [5.41, 5.74) is 4.03. The van der Waals surface area contributed by atoms with Gasteiger partial charge in [0.2, 0.25) is 0 Å². The Balaban J connectivity index is 1.89. The van der Waals surface area contributed by atoms with Crippen LogP contribution in [0.1, 0.15) is 38.8 Å². The smallest absolute Gasteiger partial charge is 0.316 e. The molecule has 1 aliphatic heterocycles. The third-order valence-corrected chi connectivity index (χ3v) is 5.82. The Morgan fingerprint density at radius 1 is 1.06 bits per heavy atom. The maximum absolute atomic E-state index is 13.7. The third-order valence-electron chi connectivity index (χ3n) is 5.82. The number of rotatable bonds is 4. The first-order valence-electron chi connectivity index (χ1n) is 10.6. The molecule has 0 bridgehead atoms. The second kappa shape index (κ2) is 8.46. The topological polar surface area (TPSA) is 76.7 Å². The zero-order valence-electron chi connectivity index (χ0n) is 18.3. The van der Waals surface area contributed by atoms with Gasteiger partial charge in [0.1, 0.15) is 11.7 Å². The standard InChI is InChI=1S/C25H28N2O4/c1-14(2)31-20-12-8-5-9-16(20)23-22-19(26-17-10-6-7-11-18(17)27-23)13-15(3)21(24(22)28)25(29)30-4/h5-12,14-15,21,23,26-27H,13H2,1-4H3/t15-,21-,23+/m0/s1. The second-order valence-corrected chi connectivity index (χ2v) is 8.39. The van der Waals surface area contributed by atoms with Gasteiger partial charge in [-0.1, -0.05) is 37.3 Å². The molecule has 31 heavy (non-hydrogen) atoms. The number of carbonyl (C=O) groups is 2. The first kappa shape index (κ1) is 21.0. The van der Waals surface area contributed by atoms with Gasteiger partial charge in [-0.25, -0.2) is 0 Å². The molecule has 0 aromatic heterocycles. The minimum Gasteiger partial charge on any atom is -0.491 e. The second-order valence-electron chi connectivity index (χ2n) is 8.39. The number of methoxy groups -OCH3 is 1. The van der Waals surface area contributed by atoms with Crippen LogP contribution in [0.25, 0.3) is 0 Å². The molecule has 0 saturated carbocycles. The minimum atomic E-state index is -0.825. The van der Waals surface area contributed by atoms with E-state index >= 15 is 0 Å². The third kappa shape index (κ3) is 3.90. The summed E-state index contributed by atoms with van der Waals surface area (Å²) in [6.07, 6.45) is 0.552. The number of nitrogens with one attached hydrogen (secondary N) is 2. The SMILES string of the molecule is COC(=O)[C@@H]1C(=O)C2=C(C[C@@H]1C)Nc1ccccc1N[C@@H]2c1ccccc1OC(C)C. The molecule has 6 nitrogen and oxygen atoms in total. The van der Waals surface area contributed by atoms with Crippen molar-refractivity contribution >= 4 is 23.1 Å². The minimum absolute atomic E-state index is 0.0179. The fraction of sp³-hybridized carbons (Fsp3) is 0.360. The molecular formula is C25H28N2O4. The number of ether oxygens (including phenoxy) is 2. The summed E-state index contributed by atoms with van der Waals surface area (Å²) in [6, 6.07) is 15.1. The van der Waals surface area contributed by atoms with Crippen LogP contribution >= 0.6 is 0 Å². The van der Waals surface area contributed by atoms with Gasteiger partial charge >= 0.3 is 5.97 Å². The van der Waals surface area contributed by atoms with Crippen LogP contribution in [0.2, 0.25) is 0 Å². The van der Waals surface area contributed by atoms with Crippen molar-refractivity contribution in [2.45, 2.75) is 39.3 Å². The van der Waals surface area contributed by atoms with Crippen LogP contribution in [0, 0.1) is 11.8 Å². The van der Waals surface area contributed by atoms with Crippen molar-refractivity contribution in [2.75, 3.05) is 17.7 Å². The summed E-state index contributed by atoms with van der Waals surface area (Å²) in [5.74, 6) is -0.982. The van der Waals surface area contributed by atoms with Crippen LogP contribution in [0.4, 0.5) is 11.4 Å². The van der Waals surface area contributed by atoms with Crippen LogP contribution in [0.5, 0.6) is 5.75 Å². The predicted octanol–water partition coefficient (Wildman–Crippen LogP) is 4.70. The number of hydrogen-bond acceptors (Lipinski definition) is 6. The lowest BCUT2D eigenvalue weighted by atomic mass is 9.74. The van der Waals surface area contributed by atoms with Crippen molar-refractivity contribution in [1.82, 2.24) is 0 Å². The normalized spacial score (nSPS) is 22.6. The Morgan fingerprint density at radius 2 is 1.74 bits per heavy atom. The van der Waals surface area contributed by atoms with E-state index in [2.05, 4.69) is 10.6 Å². The van der Waals surface area contributed by atoms with Gasteiger partial charge in [0.05, 0.1) is 30.6 Å². The summed E-state index contributed by atoms with van der Waals surface area (Å²) in [5, 5.41) is 7.00. The average Bonchev–Trinajstić information content (AvgIpc) is 2.90. The Morgan fingerprint density at radius 3 is 2.45 bits per heavy atom. The number of anilines is 2. The highest BCUT2D eigenvalue weighted by atomic mass is 16.5. The van der Waals surface area contributed by atoms with Gasteiger partial charge in [0.25, 0.3) is 0 Å². The molecule has 4 rings (SSSR count). The van der Waals surface area contributed by atoms with Crippen LogP contribution in [0.15, 0.2) is 59.8 Å². The number of benzene rings is 2. The highest BCUT2D eigenvalue weighted by Gasteiger charge is 2.44. The number of Topliss-reactive ketones (excluding diaryl/α,β-unsaturated/α-hetero) is 1. The van der Waals surface area contributed by atoms with Crippen molar-refractivity contribution in [3.63, 3.8) is 0 Å². The summed E-state index contributed by atoms with van der Waals surface area (Å²) in [4.78, 5) is 26.2. The number of fused-ring (bicyclic) bond motifs is 1. The molecule has 2 aromatic carbocycles. The molecule has 1 heterocycles. The fourth-order valence-corrected chi connectivity index (χ4v) is 4.45. The number of hydrogen-bond donors (Lipinski definition) is 2. The quantitative estimate of drug-likeness (QED) is 0.551. The first-order chi connectivity index (χ1) is 14.9. The van der Waals surface area contributed by atoms with Gasteiger partial charge in [-0.3, -0.25) is 9.59 Å². The van der Waals surface area contributed by atoms with E-state index in [1.807, 2.05) is 69.3 Å².